The number of benzene rings is 1. The predicted octanol–water partition coefficient (Wildman–Crippen LogP) is 2.53. The molecule has 6 nitrogen and oxygen atoms in total. The van der Waals surface area contributed by atoms with Crippen molar-refractivity contribution in [3.63, 3.8) is 0 Å². The lowest BCUT2D eigenvalue weighted by Gasteiger charge is -2.34. The van der Waals surface area contributed by atoms with E-state index in [2.05, 4.69) is 65.6 Å². The summed E-state index contributed by atoms with van der Waals surface area (Å²) in [5.74, 6) is 1.73. The molecule has 1 aliphatic rings. The normalized spacial score (nSPS) is 15.2. The van der Waals surface area contributed by atoms with Gasteiger partial charge in [-0.15, -0.1) is 0 Å². The molecule has 2 N–H and O–H groups in total. The number of nitrogens with one attached hydrogen (secondary N) is 2. The Morgan fingerprint density at radius 1 is 0.963 bits per heavy atom. The van der Waals surface area contributed by atoms with Crippen molar-refractivity contribution < 1.29 is 0 Å². The van der Waals surface area contributed by atoms with Gasteiger partial charge in [0.2, 0.25) is 0 Å². The molecule has 0 unspecified atom stereocenters. The van der Waals surface area contributed by atoms with Gasteiger partial charge in [0.1, 0.15) is 5.82 Å². The number of anilines is 2. The van der Waals surface area contributed by atoms with Crippen LogP contribution in [0.15, 0.2) is 24.3 Å². The minimum absolute atomic E-state index is 0.791. The number of hydrogen-bond acceptors (Lipinski definition) is 6. The third kappa shape index (κ3) is 4.96. The fourth-order valence-electron chi connectivity index (χ4n) is 3.29. The molecule has 0 radical (unpaired) electrons. The van der Waals surface area contributed by atoms with E-state index in [1.54, 1.807) is 0 Å². The maximum atomic E-state index is 4.79. The molecule has 1 aliphatic heterocycles. The van der Waals surface area contributed by atoms with Gasteiger partial charge in [0.15, 0.2) is 5.82 Å². The number of aromatic nitrogens is 2. The maximum Gasteiger partial charge on any atom is 0.161 e. The van der Waals surface area contributed by atoms with E-state index in [-0.39, 0.29) is 0 Å². The van der Waals surface area contributed by atoms with Gasteiger partial charge in [-0.3, -0.25) is 0 Å². The quantitative estimate of drug-likeness (QED) is 0.733. The van der Waals surface area contributed by atoms with Crippen LogP contribution in [0.4, 0.5) is 11.5 Å². The molecule has 146 valence electrons. The Labute approximate surface area is 163 Å². The summed E-state index contributed by atoms with van der Waals surface area (Å²) in [7, 11) is 4.16. The predicted molar refractivity (Wildman–Crippen MR) is 114 cm³/mol. The van der Waals surface area contributed by atoms with Crippen LogP contribution in [0.1, 0.15) is 17.7 Å². The largest absolute Gasteiger partial charge is 0.370 e. The van der Waals surface area contributed by atoms with E-state index in [9.17, 15) is 0 Å². The molecule has 27 heavy (non-hydrogen) atoms. The van der Waals surface area contributed by atoms with E-state index in [1.807, 2.05) is 7.05 Å². The summed E-state index contributed by atoms with van der Waals surface area (Å²) in [6, 6.07) is 8.67. The number of likely N-dealkylation sites (N-methyl/N-ethyl adjacent to an activating group) is 1. The van der Waals surface area contributed by atoms with Crippen molar-refractivity contribution in [2.75, 3.05) is 63.6 Å². The Hall–Kier alpha value is -2.18. The van der Waals surface area contributed by atoms with Crippen LogP contribution in [0.2, 0.25) is 0 Å². The van der Waals surface area contributed by atoms with E-state index in [1.165, 1.54) is 5.69 Å². The average molecular weight is 369 g/mol. The van der Waals surface area contributed by atoms with Gasteiger partial charge in [0.25, 0.3) is 0 Å². The third-order valence-electron chi connectivity index (χ3n) is 5.28. The van der Waals surface area contributed by atoms with Crippen LogP contribution in [-0.4, -0.2) is 68.2 Å². The molecule has 2 aromatic rings. The number of nitrogens with zero attached hydrogens (tertiary/aromatic N) is 4. The molecule has 0 aliphatic carbocycles. The monoisotopic (exact) mass is 368 g/mol. The van der Waals surface area contributed by atoms with Crippen LogP contribution < -0.4 is 15.5 Å². The van der Waals surface area contributed by atoms with Crippen LogP contribution in [-0.2, 0) is 0 Å². The highest BCUT2D eigenvalue weighted by Gasteiger charge is 2.15. The molecule has 0 atom stereocenters. The highest BCUT2D eigenvalue weighted by molar-refractivity contribution is 5.63. The number of rotatable bonds is 7. The summed E-state index contributed by atoms with van der Waals surface area (Å²) >= 11 is 0. The third-order valence-corrected chi connectivity index (χ3v) is 5.28. The standard InChI is InChI=1S/C21H32N6/c1-16-17(2)24-21(25-20(16)23-11-5-10-22-3)18-6-8-19(9-7-18)27-14-12-26(4)13-15-27/h6-9,22H,5,10-15H2,1-4H3,(H,23,24,25). The Balaban J connectivity index is 1.74. The first-order valence-electron chi connectivity index (χ1n) is 9.86. The summed E-state index contributed by atoms with van der Waals surface area (Å²) in [4.78, 5) is 14.3. The lowest BCUT2D eigenvalue weighted by Crippen LogP contribution is -2.44. The fourth-order valence-corrected chi connectivity index (χ4v) is 3.29. The number of hydrogen-bond donors (Lipinski definition) is 2. The van der Waals surface area contributed by atoms with E-state index < -0.39 is 0 Å². The van der Waals surface area contributed by atoms with Gasteiger partial charge in [-0.2, -0.15) is 0 Å². The topological polar surface area (TPSA) is 56.3 Å². The first-order valence-corrected chi connectivity index (χ1v) is 9.86. The van der Waals surface area contributed by atoms with Crippen molar-refractivity contribution in [3.8, 4) is 11.4 Å². The van der Waals surface area contributed by atoms with Crippen molar-refractivity contribution in [1.29, 1.82) is 0 Å². The van der Waals surface area contributed by atoms with Gasteiger partial charge in [0.05, 0.1) is 0 Å². The minimum Gasteiger partial charge on any atom is -0.370 e. The second-order valence-corrected chi connectivity index (χ2v) is 7.33. The van der Waals surface area contributed by atoms with E-state index in [0.717, 1.165) is 74.2 Å². The van der Waals surface area contributed by atoms with Crippen molar-refractivity contribution >= 4 is 11.5 Å². The lowest BCUT2D eigenvalue weighted by atomic mass is 10.1. The fraction of sp³-hybridized carbons (Fsp3) is 0.524. The highest BCUT2D eigenvalue weighted by Crippen LogP contribution is 2.24. The zero-order chi connectivity index (χ0) is 19.2. The SMILES string of the molecule is CNCCCNc1nc(-c2ccc(N3CCN(C)CC3)cc2)nc(C)c1C. The number of aryl methyl sites for hydroxylation is 1. The zero-order valence-electron chi connectivity index (χ0n) is 17.0. The molecule has 3 rings (SSSR count). The van der Waals surface area contributed by atoms with Crippen molar-refractivity contribution in [3.05, 3.63) is 35.5 Å². The van der Waals surface area contributed by atoms with E-state index in [4.69, 9.17) is 9.97 Å². The first kappa shape index (κ1) is 19.6. The summed E-state index contributed by atoms with van der Waals surface area (Å²) in [5.41, 5.74) is 4.49. The van der Waals surface area contributed by atoms with Crippen molar-refractivity contribution in [2.45, 2.75) is 20.3 Å². The molecule has 2 heterocycles. The summed E-state index contributed by atoms with van der Waals surface area (Å²) in [5, 5.41) is 6.63. The summed E-state index contributed by atoms with van der Waals surface area (Å²) < 4.78 is 0. The molecular weight excluding hydrogens is 336 g/mol. The van der Waals surface area contributed by atoms with Crippen molar-refractivity contribution in [2.24, 2.45) is 0 Å². The van der Waals surface area contributed by atoms with E-state index in [0.29, 0.717) is 0 Å². The molecule has 0 saturated carbocycles. The Bertz CT molecular complexity index is 735. The van der Waals surface area contributed by atoms with Crippen LogP contribution in [0.3, 0.4) is 0 Å². The first-order chi connectivity index (χ1) is 13.1. The van der Waals surface area contributed by atoms with Crippen molar-refractivity contribution in [1.82, 2.24) is 20.2 Å². The Kier molecular flexibility index (Phi) is 6.63. The van der Waals surface area contributed by atoms with Gasteiger partial charge < -0.3 is 20.4 Å². The highest BCUT2D eigenvalue weighted by atomic mass is 15.2. The van der Waals surface area contributed by atoms with Crippen LogP contribution >= 0.6 is 0 Å². The molecule has 0 bridgehead atoms. The van der Waals surface area contributed by atoms with Crippen LogP contribution in [0.5, 0.6) is 0 Å². The molecule has 1 aromatic carbocycles. The molecule has 6 heteroatoms. The molecule has 0 amide bonds. The molecule has 0 spiro atoms. The molecule has 1 fully saturated rings. The Morgan fingerprint density at radius 2 is 1.67 bits per heavy atom. The summed E-state index contributed by atoms with van der Waals surface area (Å²) in [6.07, 6.45) is 1.06. The second kappa shape index (κ2) is 9.15. The molecule has 1 aromatic heterocycles. The van der Waals surface area contributed by atoms with Gasteiger partial charge >= 0.3 is 0 Å². The van der Waals surface area contributed by atoms with Gasteiger partial charge in [-0.25, -0.2) is 9.97 Å². The smallest absolute Gasteiger partial charge is 0.161 e. The lowest BCUT2D eigenvalue weighted by molar-refractivity contribution is 0.313. The van der Waals surface area contributed by atoms with Gasteiger partial charge in [-0.1, -0.05) is 0 Å². The van der Waals surface area contributed by atoms with Crippen LogP contribution in [0.25, 0.3) is 11.4 Å². The number of piperazine rings is 1. The maximum absolute atomic E-state index is 4.79. The summed E-state index contributed by atoms with van der Waals surface area (Å²) in [6.45, 7) is 10.4. The average Bonchev–Trinajstić information content (AvgIpc) is 2.69. The van der Waals surface area contributed by atoms with Crippen LogP contribution in [0, 0.1) is 13.8 Å². The molecule has 1 saturated heterocycles. The van der Waals surface area contributed by atoms with E-state index >= 15 is 0 Å². The van der Waals surface area contributed by atoms with Gasteiger partial charge in [-0.05, 0) is 65.2 Å². The van der Waals surface area contributed by atoms with Gasteiger partial charge in [0, 0.05) is 55.2 Å². The zero-order valence-corrected chi connectivity index (χ0v) is 17.0. The Morgan fingerprint density at radius 3 is 2.33 bits per heavy atom. The second-order valence-electron chi connectivity index (χ2n) is 7.33. The minimum atomic E-state index is 0.791. The molecular formula is C21H32N6.